The fourth-order valence-electron chi connectivity index (χ4n) is 3.48. The van der Waals surface area contributed by atoms with Crippen LogP contribution in [0.15, 0.2) is 48.5 Å². The van der Waals surface area contributed by atoms with Crippen molar-refractivity contribution in [3.05, 3.63) is 70.8 Å². The van der Waals surface area contributed by atoms with Crippen LogP contribution in [0.2, 0.25) is 0 Å². The van der Waals surface area contributed by atoms with Crippen molar-refractivity contribution in [2.45, 2.75) is 83.5 Å². The van der Waals surface area contributed by atoms with Crippen molar-refractivity contribution in [2.24, 2.45) is 0 Å². The Labute approximate surface area is 180 Å². The molecule has 0 heterocycles. The second-order valence-electron chi connectivity index (χ2n) is 9.04. The average Bonchev–Trinajstić information content (AvgIpc) is 2.74. The zero-order valence-electron chi connectivity index (χ0n) is 18.6. The molecule has 0 bridgehead atoms. The minimum atomic E-state index is -0.710. The molecule has 0 saturated heterocycles. The first-order valence-electron chi connectivity index (χ1n) is 10.7. The van der Waals surface area contributed by atoms with E-state index >= 15 is 0 Å². The van der Waals surface area contributed by atoms with Gasteiger partial charge in [-0.2, -0.15) is 0 Å². The number of hydrogen-bond acceptors (Lipinski definition) is 5. The van der Waals surface area contributed by atoms with E-state index in [-0.39, 0.29) is 6.10 Å². The van der Waals surface area contributed by atoms with E-state index in [1.807, 2.05) is 52.0 Å². The first-order valence-corrected chi connectivity index (χ1v) is 10.7. The molecule has 0 aliphatic rings. The number of aryl methyl sites for hydroxylation is 2. The molecule has 2 rings (SSSR count). The van der Waals surface area contributed by atoms with Crippen LogP contribution in [0.1, 0.15) is 75.6 Å². The van der Waals surface area contributed by atoms with E-state index in [2.05, 4.69) is 34.0 Å². The summed E-state index contributed by atoms with van der Waals surface area (Å²) in [4.78, 5) is 9.05. The lowest BCUT2D eigenvalue weighted by molar-refractivity contribution is -0.318. The topological polar surface area (TPSA) is 79.2 Å². The fourth-order valence-corrected chi connectivity index (χ4v) is 3.48. The summed E-state index contributed by atoms with van der Waals surface area (Å²) < 4.78 is 0. The summed E-state index contributed by atoms with van der Waals surface area (Å²) in [6, 6.07) is 16.1. The van der Waals surface area contributed by atoms with Gasteiger partial charge in [0.05, 0.1) is 6.10 Å². The molecule has 2 aromatic rings. The Kier molecular flexibility index (Phi) is 9.01. The van der Waals surface area contributed by atoms with Crippen LogP contribution in [0.3, 0.4) is 0 Å². The summed E-state index contributed by atoms with van der Waals surface area (Å²) in [5.41, 5.74) is 2.86. The second kappa shape index (κ2) is 11.0. The van der Waals surface area contributed by atoms with Crippen LogP contribution >= 0.6 is 0 Å². The van der Waals surface area contributed by atoms with E-state index in [1.165, 1.54) is 11.1 Å². The van der Waals surface area contributed by atoms with Gasteiger partial charge in [-0.1, -0.05) is 48.5 Å². The minimum absolute atomic E-state index is 0.285. The van der Waals surface area contributed by atoms with E-state index < -0.39 is 11.2 Å². The molecule has 0 aliphatic heterocycles. The van der Waals surface area contributed by atoms with Crippen molar-refractivity contribution in [2.75, 3.05) is 0 Å². The summed E-state index contributed by atoms with van der Waals surface area (Å²) in [5.74, 6) is 0. The summed E-state index contributed by atoms with van der Waals surface area (Å²) in [7, 11) is 0. The van der Waals surface area contributed by atoms with E-state index in [1.54, 1.807) is 0 Å². The van der Waals surface area contributed by atoms with Crippen molar-refractivity contribution in [1.29, 1.82) is 0 Å². The summed E-state index contributed by atoms with van der Waals surface area (Å²) in [6.45, 7) is 7.27. The van der Waals surface area contributed by atoms with Gasteiger partial charge in [0, 0.05) is 0 Å². The van der Waals surface area contributed by atoms with E-state index in [0.29, 0.717) is 0 Å². The Morgan fingerprint density at radius 1 is 0.667 bits per heavy atom. The molecule has 2 aromatic carbocycles. The van der Waals surface area contributed by atoms with Crippen LogP contribution in [0.25, 0.3) is 0 Å². The van der Waals surface area contributed by atoms with Crippen molar-refractivity contribution >= 4 is 0 Å². The van der Waals surface area contributed by atoms with Gasteiger partial charge < -0.3 is 5.11 Å². The van der Waals surface area contributed by atoms with Gasteiger partial charge in [0.2, 0.25) is 0 Å². The van der Waals surface area contributed by atoms with Gasteiger partial charge in [-0.25, -0.2) is 9.78 Å². The third kappa shape index (κ3) is 7.18. The van der Waals surface area contributed by atoms with Crippen LogP contribution in [-0.4, -0.2) is 21.7 Å². The van der Waals surface area contributed by atoms with Gasteiger partial charge in [0.15, 0.2) is 0 Å². The lowest BCUT2D eigenvalue weighted by Crippen LogP contribution is -2.19. The van der Waals surface area contributed by atoms with Gasteiger partial charge in [0.25, 0.3) is 0 Å². The number of hydrogen-bond donors (Lipinski definition) is 3. The van der Waals surface area contributed by atoms with Gasteiger partial charge in [-0.05, 0) is 88.5 Å². The maximum atomic E-state index is 10.3. The standard InChI is InChI=1S/C25H36O5/c1-24(2,29-27)21-15-11-19(12-16-21)7-5-9-23(26)10-6-8-20-13-17-22(18-14-20)25(3,4)30-28/h11-18,23,26-28H,5-10H2,1-4H3. The molecule has 0 atom stereocenters. The van der Waals surface area contributed by atoms with Crippen molar-refractivity contribution < 1.29 is 25.4 Å². The average molecular weight is 417 g/mol. The summed E-state index contributed by atoms with van der Waals surface area (Å²) in [6.07, 6.45) is 5.00. The van der Waals surface area contributed by atoms with Crippen LogP contribution < -0.4 is 0 Å². The molecule has 0 aromatic heterocycles. The molecule has 3 N–H and O–H groups in total. The smallest absolute Gasteiger partial charge is 0.123 e. The van der Waals surface area contributed by atoms with E-state index in [0.717, 1.165) is 49.7 Å². The van der Waals surface area contributed by atoms with E-state index in [9.17, 15) is 5.11 Å². The molecule has 0 saturated carbocycles. The molecule has 0 fully saturated rings. The quantitative estimate of drug-likeness (QED) is 0.299. The highest BCUT2D eigenvalue weighted by atomic mass is 17.1. The fraction of sp³-hybridized carbons (Fsp3) is 0.520. The Morgan fingerprint density at radius 2 is 1.00 bits per heavy atom. The highest BCUT2D eigenvalue weighted by Gasteiger charge is 2.22. The molecule has 0 radical (unpaired) electrons. The highest BCUT2D eigenvalue weighted by molar-refractivity contribution is 5.27. The zero-order valence-corrected chi connectivity index (χ0v) is 18.6. The Morgan fingerprint density at radius 3 is 1.30 bits per heavy atom. The molecule has 30 heavy (non-hydrogen) atoms. The number of benzene rings is 2. The predicted octanol–water partition coefficient (Wildman–Crippen LogP) is 5.84. The normalized spacial score (nSPS) is 12.5. The first-order chi connectivity index (χ1) is 14.2. The van der Waals surface area contributed by atoms with Crippen molar-refractivity contribution in [3.8, 4) is 0 Å². The van der Waals surface area contributed by atoms with E-state index in [4.69, 9.17) is 10.5 Å². The second-order valence-corrected chi connectivity index (χ2v) is 9.04. The van der Waals surface area contributed by atoms with Gasteiger partial charge in [0.1, 0.15) is 11.2 Å². The molecular weight excluding hydrogens is 380 g/mol. The maximum absolute atomic E-state index is 10.3. The van der Waals surface area contributed by atoms with Gasteiger partial charge in [-0.15, -0.1) is 0 Å². The van der Waals surface area contributed by atoms with Crippen molar-refractivity contribution in [1.82, 2.24) is 0 Å². The number of aliphatic hydroxyl groups is 1. The third-order valence-electron chi connectivity index (χ3n) is 5.76. The third-order valence-corrected chi connectivity index (χ3v) is 5.76. The minimum Gasteiger partial charge on any atom is -0.393 e. The molecular formula is C25H36O5. The number of rotatable bonds is 12. The predicted molar refractivity (Wildman–Crippen MR) is 118 cm³/mol. The van der Waals surface area contributed by atoms with Crippen molar-refractivity contribution in [3.63, 3.8) is 0 Å². The molecule has 166 valence electrons. The lowest BCUT2D eigenvalue weighted by atomic mass is 9.95. The van der Waals surface area contributed by atoms with Crippen LogP contribution in [0.4, 0.5) is 0 Å². The van der Waals surface area contributed by atoms with Gasteiger partial charge in [-0.3, -0.25) is 10.5 Å². The zero-order chi connectivity index (χ0) is 22.2. The Balaban J connectivity index is 1.68. The summed E-state index contributed by atoms with van der Waals surface area (Å²) in [5, 5.41) is 28.2. The molecule has 5 heteroatoms. The monoisotopic (exact) mass is 416 g/mol. The van der Waals surface area contributed by atoms with Crippen LogP contribution in [-0.2, 0) is 33.8 Å². The van der Waals surface area contributed by atoms with Crippen LogP contribution in [0, 0.1) is 0 Å². The highest BCUT2D eigenvalue weighted by Crippen LogP contribution is 2.25. The first kappa shape index (κ1) is 24.5. The number of aliphatic hydroxyl groups excluding tert-OH is 1. The Bertz CT molecular complexity index is 685. The Hall–Kier alpha value is -1.76. The van der Waals surface area contributed by atoms with Gasteiger partial charge >= 0.3 is 0 Å². The largest absolute Gasteiger partial charge is 0.393 e. The summed E-state index contributed by atoms with van der Waals surface area (Å²) >= 11 is 0. The van der Waals surface area contributed by atoms with Crippen LogP contribution in [0.5, 0.6) is 0 Å². The molecule has 0 aliphatic carbocycles. The molecule has 0 spiro atoms. The SMILES string of the molecule is CC(C)(OO)c1ccc(CCCC(O)CCCc2ccc(C(C)(C)OO)cc2)cc1. The molecule has 0 amide bonds. The lowest BCUT2D eigenvalue weighted by Gasteiger charge is -2.21. The molecule has 0 unspecified atom stereocenters. The maximum Gasteiger partial charge on any atom is 0.123 e. The molecule has 5 nitrogen and oxygen atoms in total.